The molecule has 0 spiro atoms. The Balaban J connectivity index is 1.29. The molecule has 346 valence electrons. The van der Waals surface area contributed by atoms with Crippen LogP contribution in [0.2, 0.25) is 0 Å². The van der Waals surface area contributed by atoms with Gasteiger partial charge in [-0.2, -0.15) is 0 Å². The second-order valence-corrected chi connectivity index (χ2v) is 21.2. The van der Waals surface area contributed by atoms with Gasteiger partial charge in [-0.15, -0.1) is 11.3 Å². The number of aryl methyl sites for hydroxylation is 4. The van der Waals surface area contributed by atoms with Gasteiger partial charge in [0.05, 0.1) is 10.8 Å². The fourth-order valence-electron chi connectivity index (χ4n) is 12.1. The van der Waals surface area contributed by atoms with E-state index in [1.54, 1.807) is 0 Å². The van der Waals surface area contributed by atoms with Crippen LogP contribution < -0.4 is 0 Å². The highest BCUT2D eigenvalue weighted by Crippen LogP contribution is 2.69. The van der Waals surface area contributed by atoms with Gasteiger partial charge < -0.3 is 0 Å². The fourth-order valence-corrected chi connectivity index (χ4v) is 13.5. The maximum atomic E-state index is 2.52. The minimum atomic E-state index is -0.511. The van der Waals surface area contributed by atoms with Crippen molar-refractivity contribution in [3.8, 4) is 20.9 Å². The van der Waals surface area contributed by atoms with Gasteiger partial charge in [-0.05, 0) is 129 Å². The minimum absolute atomic E-state index is 0.511. The molecule has 1 heteroatoms. The summed E-state index contributed by atoms with van der Waals surface area (Å²) < 4.78 is 0. The number of benzene rings is 6. The summed E-state index contributed by atoms with van der Waals surface area (Å²) in [6.45, 7) is 9.24. The quantitative estimate of drug-likeness (QED) is 0.0530. The molecule has 2 aliphatic carbocycles. The Morgan fingerprint density at radius 1 is 0.299 bits per heavy atom. The lowest BCUT2D eigenvalue weighted by molar-refractivity contribution is 0.664. The molecule has 0 saturated carbocycles. The van der Waals surface area contributed by atoms with E-state index in [0.717, 1.165) is 25.7 Å². The summed E-state index contributed by atoms with van der Waals surface area (Å²) in [7, 11) is 0. The highest BCUT2D eigenvalue weighted by Gasteiger charge is 2.57. The Kier molecular flexibility index (Phi) is 15.4. The number of fused-ring (bicyclic) bond motifs is 7. The van der Waals surface area contributed by atoms with Crippen molar-refractivity contribution >= 4 is 11.3 Å². The molecule has 9 rings (SSSR count). The van der Waals surface area contributed by atoms with Crippen molar-refractivity contribution < 1.29 is 0 Å². The Morgan fingerprint density at radius 2 is 0.567 bits per heavy atom. The summed E-state index contributed by atoms with van der Waals surface area (Å²) in [4.78, 5) is 2.87. The third-order valence-corrected chi connectivity index (χ3v) is 16.9. The molecule has 0 bridgehead atoms. The van der Waals surface area contributed by atoms with E-state index in [4.69, 9.17) is 0 Å². The van der Waals surface area contributed by atoms with E-state index in [1.165, 1.54) is 190 Å². The first-order valence-corrected chi connectivity index (χ1v) is 27.7. The zero-order valence-corrected chi connectivity index (χ0v) is 42.2. The molecule has 2 aliphatic rings. The summed E-state index contributed by atoms with van der Waals surface area (Å²) in [6.07, 6.45) is 25.1. The summed E-state index contributed by atoms with van der Waals surface area (Å²) >= 11 is 2.06. The molecule has 0 nitrogen and oxygen atoms in total. The predicted octanol–water partition coefficient (Wildman–Crippen LogP) is 19.0. The summed E-state index contributed by atoms with van der Waals surface area (Å²) in [5.74, 6) is 0. The van der Waals surface area contributed by atoms with Gasteiger partial charge in [0.15, 0.2) is 0 Å². The van der Waals surface area contributed by atoms with Gasteiger partial charge >= 0.3 is 0 Å². The molecule has 0 N–H and O–H groups in total. The molecular weight excluding hydrogens is 825 g/mol. The van der Waals surface area contributed by atoms with Gasteiger partial charge in [-0.3, -0.25) is 0 Å². The van der Waals surface area contributed by atoms with Crippen LogP contribution in [0.4, 0.5) is 0 Å². The standard InChI is InChI=1S/C66H76S/c1-5-9-13-17-25-49-33-41-53(42-34-49)65(54-43-35-50(36-44-54)26-18-14-10-6-2)59-31-23-21-29-57(59)63-61(65)62-64(67-63)58-30-22-24-32-60(58)66(62,55-45-37-51(38-46-55)27-19-15-11-7-3)56-47-39-52(40-48-56)28-20-16-12-8-4/h21-24,29-48H,5-20,25-28H2,1-4H3. The minimum Gasteiger partial charge on any atom is -0.134 e. The Bertz CT molecular complexity index is 2360. The zero-order valence-electron chi connectivity index (χ0n) is 41.4. The highest BCUT2D eigenvalue weighted by atomic mass is 32.1. The van der Waals surface area contributed by atoms with Crippen molar-refractivity contribution in [2.45, 2.75) is 167 Å². The lowest BCUT2D eigenvalue weighted by Gasteiger charge is -2.40. The first kappa shape index (κ1) is 47.1. The van der Waals surface area contributed by atoms with Crippen molar-refractivity contribution in [3.63, 3.8) is 0 Å². The molecule has 0 amide bonds. The maximum absolute atomic E-state index is 2.52. The molecule has 1 aromatic heterocycles. The molecule has 1 heterocycles. The smallest absolute Gasteiger partial charge is 0.0725 e. The molecule has 0 unspecified atom stereocenters. The predicted molar refractivity (Wildman–Crippen MR) is 290 cm³/mol. The number of rotatable bonds is 24. The zero-order chi connectivity index (χ0) is 46.1. The molecule has 0 fully saturated rings. The van der Waals surface area contributed by atoms with Gasteiger partial charge in [0.2, 0.25) is 0 Å². The van der Waals surface area contributed by atoms with Crippen molar-refractivity contribution in [2.75, 3.05) is 0 Å². The normalized spacial score (nSPS) is 13.9. The lowest BCUT2D eigenvalue weighted by atomic mass is 9.61. The Hall–Kier alpha value is -4.98. The molecule has 0 aliphatic heterocycles. The van der Waals surface area contributed by atoms with Crippen LogP contribution in [0.1, 0.15) is 197 Å². The lowest BCUT2D eigenvalue weighted by Crippen LogP contribution is -2.35. The summed E-state index contributed by atoms with van der Waals surface area (Å²) in [5, 5.41) is 0. The third kappa shape index (κ3) is 9.08. The van der Waals surface area contributed by atoms with E-state index in [9.17, 15) is 0 Å². The van der Waals surface area contributed by atoms with E-state index in [-0.39, 0.29) is 0 Å². The second-order valence-electron chi connectivity index (χ2n) is 20.1. The van der Waals surface area contributed by atoms with Crippen LogP contribution in [0.5, 0.6) is 0 Å². The van der Waals surface area contributed by atoms with Crippen LogP contribution in [0, 0.1) is 0 Å². The van der Waals surface area contributed by atoms with Gasteiger partial charge in [-0.25, -0.2) is 0 Å². The van der Waals surface area contributed by atoms with E-state index >= 15 is 0 Å². The van der Waals surface area contributed by atoms with Gasteiger partial charge in [0, 0.05) is 9.75 Å². The number of hydrogen-bond donors (Lipinski definition) is 0. The van der Waals surface area contributed by atoms with Crippen molar-refractivity contribution in [3.05, 3.63) is 212 Å². The topological polar surface area (TPSA) is 0 Å². The maximum Gasteiger partial charge on any atom is 0.0725 e. The van der Waals surface area contributed by atoms with E-state index < -0.39 is 10.8 Å². The van der Waals surface area contributed by atoms with E-state index in [0.29, 0.717) is 0 Å². The van der Waals surface area contributed by atoms with Crippen molar-refractivity contribution in [2.24, 2.45) is 0 Å². The molecular formula is C66H76S. The van der Waals surface area contributed by atoms with Crippen LogP contribution in [0.25, 0.3) is 20.9 Å². The molecule has 67 heavy (non-hydrogen) atoms. The van der Waals surface area contributed by atoms with Gasteiger partial charge in [-0.1, -0.05) is 250 Å². The SMILES string of the molecule is CCCCCCc1ccc(C2(c3ccc(CCCCCC)cc3)c3ccccc3-c3sc4c(c32)C(c2ccc(CCCCCC)cc2)(c2ccc(CCCCCC)cc2)c2ccccc2-4)cc1. The average molecular weight is 901 g/mol. The largest absolute Gasteiger partial charge is 0.134 e. The van der Waals surface area contributed by atoms with Crippen LogP contribution in [0.3, 0.4) is 0 Å². The molecule has 0 radical (unpaired) electrons. The third-order valence-electron chi connectivity index (χ3n) is 15.6. The number of thiophene rings is 1. The van der Waals surface area contributed by atoms with Gasteiger partial charge in [0.25, 0.3) is 0 Å². The van der Waals surface area contributed by atoms with Gasteiger partial charge in [0.1, 0.15) is 0 Å². The highest BCUT2D eigenvalue weighted by molar-refractivity contribution is 7.19. The van der Waals surface area contributed by atoms with Crippen molar-refractivity contribution in [1.29, 1.82) is 0 Å². The fraction of sp³-hybridized carbons (Fsp3) is 0.394. The second kappa shape index (κ2) is 22.0. The molecule has 6 aromatic carbocycles. The molecule has 7 aromatic rings. The van der Waals surface area contributed by atoms with Crippen molar-refractivity contribution in [1.82, 2.24) is 0 Å². The van der Waals surface area contributed by atoms with Crippen LogP contribution >= 0.6 is 11.3 Å². The van der Waals surface area contributed by atoms with E-state index in [1.807, 2.05) is 0 Å². The van der Waals surface area contributed by atoms with E-state index in [2.05, 4.69) is 185 Å². The van der Waals surface area contributed by atoms with Crippen LogP contribution in [0.15, 0.2) is 146 Å². The Labute approximate surface area is 409 Å². The first-order valence-electron chi connectivity index (χ1n) is 26.8. The molecule has 0 atom stereocenters. The summed E-state index contributed by atoms with van der Waals surface area (Å²) in [5.41, 5.74) is 18.9. The average Bonchev–Trinajstić information content (AvgIpc) is 4.00. The number of hydrogen-bond acceptors (Lipinski definition) is 1. The first-order chi connectivity index (χ1) is 33.1. The summed E-state index contributed by atoms with van der Waals surface area (Å²) in [6, 6.07) is 58.9. The number of unbranched alkanes of at least 4 members (excludes halogenated alkanes) is 12. The van der Waals surface area contributed by atoms with Crippen LogP contribution in [-0.2, 0) is 36.5 Å². The molecule has 0 saturated heterocycles. The Morgan fingerprint density at radius 3 is 0.836 bits per heavy atom. The van der Waals surface area contributed by atoms with Crippen LogP contribution in [-0.4, -0.2) is 0 Å². The monoisotopic (exact) mass is 901 g/mol.